The summed E-state index contributed by atoms with van der Waals surface area (Å²) in [6.07, 6.45) is 0.760. The van der Waals surface area contributed by atoms with Crippen LogP contribution in [0.1, 0.15) is 61.0 Å². The topological polar surface area (TPSA) is 95.9 Å². The second-order valence-corrected chi connectivity index (χ2v) is 10.8. The van der Waals surface area contributed by atoms with Crippen LogP contribution in [0.15, 0.2) is 42.0 Å². The van der Waals surface area contributed by atoms with E-state index in [0.29, 0.717) is 0 Å². The average molecular weight is 475 g/mol. The number of nitrogens with zero attached hydrogens (tertiary/aromatic N) is 1. The first-order valence-electron chi connectivity index (χ1n) is 11.6. The van der Waals surface area contributed by atoms with E-state index in [-0.39, 0.29) is 23.3 Å². The van der Waals surface area contributed by atoms with E-state index in [1.165, 1.54) is 18.9 Å². The summed E-state index contributed by atoms with van der Waals surface area (Å²) >= 11 is 0. The monoisotopic (exact) mass is 474 g/mol. The zero-order chi connectivity index (χ0) is 26.4. The molecule has 1 rings (SSSR count). The number of carbonyl (C=O) groups is 3. The molecule has 0 bridgehead atoms. The number of aliphatic carboxylic acids is 1. The van der Waals surface area contributed by atoms with Gasteiger partial charge >= 0.3 is 5.97 Å². The summed E-state index contributed by atoms with van der Waals surface area (Å²) in [7, 11) is 3.13. The largest absolute Gasteiger partial charge is 0.478 e. The lowest BCUT2D eigenvalue weighted by molar-refractivity contribution is -0.144. The number of ether oxygens (including phenoxy) is 1. The van der Waals surface area contributed by atoms with Crippen LogP contribution in [0.3, 0.4) is 0 Å². The number of amides is 2. The molecule has 0 radical (unpaired) electrons. The maximum Gasteiger partial charge on any atom is 0.331 e. The highest BCUT2D eigenvalue weighted by Crippen LogP contribution is 2.30. The van der Waals surface area contributed by atoms with Crippen molar-refractivity contribution in [1.82, 2.24) is 10.2 Å². The van der Waals surface area contributed by atoms with E-state index in [4.69, 9.17) is 4.74 Å². The highest BCUT2D eigenvalue weighted by Gasteiger charge is 2.42. The lowest BCUT2D eigenvalue weighted by Gasteiger charge is -2.39. The van der Waals surface area contributed by atoms with Crippen molar-refractivity contribution in [2.24, 2.45) is 11.3 Å². The van der Waals surface area contributed by atoms with Gasteiger partial charge in [0.2, 0.25) is 5.91 Å². The van der Waals surface area contributed by atoms with Crippen LogP contribution in [-0.2, 0) is 24.5 Å². The normalized spacial score (nSPS) is 15.4. The quantitative estimate of drug-likeness (QED) is 0.499. The van der Waals surface area contributed by atoms with Gasteiger partial charge < -0.3 is 20.1 Å². The molecule has 0 aromatic heterocycles. The lowest BCUT2D eigenvalue weighted by atomic mass is 9.78. The molecule has 0 fully saturated rings. The van der Waals surface area contributed by atoms with Crippen LogP contribution in [0.5, 0.6) is 0 Å². The molecule has 190 valence electrons. The van der Waals surface area contributed by atoms with Crippen LogP contribution in [0.4, 0.5) is 0 Å². The molecule has 1 unspecified atom stereocenters. The smallest absolute Gasteiger partial charge is 0.331 e. The molecule has 2 N–H and O–H groups in total. The Labute approximate surface area is 204 Å². The first kappa shape index (κ1) is 29.4. The van der Waals surface area contributed by atoms with Crippen molar-refractivity contribution >= 4 is 17.8 Å². The van der Waals surface area contributed by atoms with Crippen LogP contribution < -0.4 is 5.32 Å². The van der Waals surface area contributed by atoms with Gasteiger partial charge in [-0.1, -0.05) is 84.9 Å². The van der Waals surface area contributed by atoms with Crippen LogP contribution in [0.2, 0.25) is 0 Å². The number of nitrogens with one attached hydrogen (secondary N) is 1. The fourth-order valence-corrected chi connectivity index (χ4v) is 4.04. The van der Waals surface area contributed by atoms with Gasteiger partial charge in [0, 0.05) is 25.1 Å². The summed E-state index contributed by atoms with van der Waals surface area (Å²) in [4.78, 5) is 40.0. The van der Waals surface area contributed by atoms with Crippen molar-refractivity contribution in [3.63, 3.8) is 0 Å². The molecule has 1 aromatic rings. The minimum absolute atomic E-state index is 0.0247. The number of carbonyl (C=O) groups excluding carboxylic acids is 2. The van der Waals surface area contributed by atoms with E-state index in [9.17, 15) is 19.5 Å². The van der Waals surface area contributed by atoms with Gasteiger partial charge in [0.05, 0.1) is 6.04 Å². The minimum Gasteiger partial charge on any atom is -0.478 e. The Hall–Kier alpha value is -2.67. The zero-order valence-corrected chi connectivity index (χ0v) is 22.3. The molecule has 0 saturated heterocycles. The molecule has 0 aliphatic heterocycles. The molecular weight excluding hydrogens is 432 g/mol. The molecule has 7 nitrogen and oxygen atoms in total. The van der Waals surface area contributed by atoms with Gasteiger partial charge in [-0.2, -0.15) is 0 Å². The van der Waals surface area contributed by atoms with Crippen LogP contribution in [0.25, 0.3) is 0 Å². The standard InChI is InChI=1S/C27H42N2O5/c1-17(2)20(16-18(3)25(32)33)29(9)24(31)21(26(4,5)6)28-23(30)22(34-10)27(7,8)19-14-12-11-13-15-19/h11-17,20-22H,1-10H3,(H,28,30)(H,32,33)/t20-,21-,22?/m1/s1. The van der Waals surface area contributed by atoms with Gasteiger partial charge in [-0.3, -0.25) is 9.59 Å². The fraction of sp³-hybridized carbons (Fsp3) is 0.593. The third-order valence-electron chi connectivity index (χ3n) is 6.28. The van der Waals surface area contributed by atoms with Gasteiger partial charge in [0.15, 0.2) is 0 Å². The molecule has 0 spiro atoms. The Morgan fingerprint density at radius 2 is 1.59 bits per heavy atom. The van der Waals surface area contributed by atoms with Gasteiger partial charge in [-0.25, -0.2) is 4.79 Å². The van der Waals surface area contributed by atoms with Crippen molar-refractivity contribution in [2.45, 2.75) is 79.0 Å². The lowest BCUT2D eigenvalue weighted by Crippen LogP contribution is -2.59. The number of likely N-dealkylation sites (N-methyl/N-ethyl adjacent to an activating group) is 1. The summed E-state index contributed by atoms with van der Waals surface area (Å²) in [6.45, 7) is 14.9. The Balaban J connectivity index is 3.29. The molecule has 2 amide bonds. The zero-order valence-electron chi connectivity index (χ0n) is 22.3. The number of hydrogen-bond donors (Lipinski definition) is 2. The fourth-order valence-electron chi connectivity index (χ4n) is 4.04. The summed E-state index contributed by atoms with van der Waals surface area (Å²) in [6, 6.07) is 8.36. The van der Waals surface area contributed by atoms with E-state index < -0.39 is 35.0 Å². The third-order valence-corrected chi connectivity index (χ3v) is 6.28. The average Bonchev–Trinajstić information content (AvgIpc) is 2.74. The third kappa shape index (κ3) is 7.16. The van der Waals surface area contributed by atoms with Crippen molar-refractivity contribution in [2.75, 3.05) is 14.2 Å². The summed E-state index contributed by atoms with van der Waals surface area (Å²) < 4.78 is 5.64. The number of benzene rings is 1. The maximum absolute atomic E-state index is 13.6. The van der Waals surface area contributed by atoms with E-state index in [0.717, 1.165) is 5.56 Å². The van der Waals surface area contributed by atoms with Gasteiger partial charge in [0.25, 0.3) is 5.91 Å². The number of carboxylic acid groups (broad SMARTS) is 1. The molecule has 0 aliphatic carbocycles. The summed E-state index contributed by atoms with van der Waals surface area (Å²) in [5.41, 5.74) is -0.122. The SMILES string of the molecule is COC(C(=O)N[C@H](C(=O)N(C)[C@H](C=C(C)C(=O)O)C(C)C)C(C)(C)C)C(C)(C)c1ccccc1. The van der Waals surface area contributed by atoms with Crippen molar-refractivity contribution in [3.8, 4) is 0 Å². The highest BCUT2D eigenvalue weighted by molar-refractivity contribution is 5.91. The molecule has 34 heavy (non-hydrogen) atoms. The summed E-state index contributed by atoms with van der Waals surface area (Å²) in [5.74, 6) is -1.72. The first-order valence-corrected chi connectivity index (χ1v) is 11.6. The molecule has 3 atom stereocenters. The Morgan fingerprint density at radius 3 is 2.00 bits per heavy atom. The molecule has 0 aliphatic rings. The minimum atomic E-state index is -1.03. The van der Waals surface area contributed by atoms with E-state index in [2.05, 4.69) is 5.32 Å². The van der Waals surface area contributed by atoms with Crippen LogP contribution >= 0.6 is 0 Å². The second-order valence-electron chi connectivity index (χ2n) is 10.8. The van der Waals surface area contributed by atoms with Crippen molar-refractivity contribution in [3.05, 3.63) is 47.5 Å². The predicted molar refractivity (Wildman–Crippen MR) is 134 cm³/mol. The molecule has 0 saturated carbocycles. The first-order chi connectivity index (χ1) is 15.5. The van der Waals surface area contributed by atoms with E-state index in [1.54, 1.807) is 13.1 Å². The van der Waals surface area contributed by atoms with E-state index >= 15 is 0 Å². The Morgan fingerprint density at radius 1 is 1.06 bits per heavy atom. The Kier molecular flexibility index (Phi) is 10.1. The van der Waals surface area contributed by atoms with Gasteiger partial charge in [0.1, 0.15) is 12.1 Å². The van der Waals surface area contributed by atoms with E-state index in [1.807, 2.05) is 78.8 Å². The number of carboxylic acids is 1. The van der Waals surface area contributed by atoms with Crippen LogP contribution in [0, 0.1) is 11.3 Å². The maximum atomic E-state index is 13.6. The highest BCUT2D eigenvalue weighted by atomic mass is 16.5. The van der Waals surface area contributed by atoms with Crippen molar-refractivity contribution in [1.29, 1.82) is 0 Å². The van der Waals surface area contributed by atoms with Gasteiger partial charge in [-0.05, 0) is 23.8 Å². The Bertz CT molecular complexity index is 884. The second kappa shape index (κ2) is 11.6. The molecule has 7 heteroatoms. The van der Waals surface area contributed by atoms with Crippen LogP contribution in [-0.4, -0.2) is 60.1 Å². The van der Waals surface area contributed by atoms with Crippen molar-refractivity contribution < 1.29 is 24.2 Å². The molecular formula is C27H42N2O5. The molecule has 1 aromatic carbocycles. The number of rotatable bonds is 10. The number of methoxy groups -OCH3 is 1. The van der Waals surface area contributed by atoms with Gasteiger partial charge in [-0.15, -0.1) is 0 Å². The predicted octanol–water partition coefficient (Wildman–Crippen LogP) is 4.02. The number of hydrogen-bond acceptors (Lipinski definition) is 4. The summed E-state index contributed by atoms with van der Waals surface area (Å²) in [5, 5.41) is 12.2. The molecule has 0 heterocycles.